The Morgan fingerprint density at radius 3 is 2.15 bits per heavy atom. The van der Waals surface area contributed by atoms with Gasteiger partial charge in [0.1, 0.15) is 21.4 Å². The third-order valence-corrected chi connectivity index (χ3v) is 9.07. The monoisotopic (exact) mass is 772 g/mol. The number of rotatable bonds is 20. The van der Waals surface area contributed by atoms with Crippen molar-refractivity contribution in [3.05, 3.63) is 44.4 Å². The Balaban J connectivity index is 1.94. The van der Waals surface area contributed by atoms with Crippen molar-refractivity contribution in [2.75, 3.05) is 26.3 Å². The summed E-state index contributed by atoms with van der Waals surface area (Å²) < 4.78 is 10.3. The maximum atomic E-state index is 13.4. The predicted octanol–water partition coefficient (Wildman–Crippen LogP) is 2.93. The van der Waals surface area contributed by atoms with Gasteiger partial charge in [-0.25, -0.2) is 9.59 Å². The molecule has 252 valence electrons. The summed E-state index contributed by atoms with van der Waals surface area (Å²) >= 11 is 6.10. The van der Waals surface area contributed by atoms with Crippen LogP contribution in [0.25, 0.3) is 0 Å². The first-order valence-corrected chi connectivity index (χ1v) is 16.1. The molecule has 2 atom stereocenters. The summed E-state index contributed by atoms with van der Waals surface area (Å²) in [5, 5.41) is 13.9. The lowest BCUT2D eigenvalue weighted by Gasteiger charge is -2.24. The summed E-state index contributed by atoms with van der Waals surface area (Å²) in [6.45, 7) is 3.74. The number of ketones is 2. The minimum atomic E-state index is -1.40. The van der Waals surface area contributed by atoms with Crippen LogP contribution in [0.1, 0.15) is 50.7 Å². The average Bonchev–Trinajstić information content (AvgIpc) is 3.18. The minimum absolute atomic E-state index is 0.0126. The zero-order valence-electron chi connectivity index (χ0n) is 25.5. The summed E-state index contributed by atoms with van der Waals surface area (Å²) in [4.78, 5) is 86.2. The third-order valence-electron chi connectivity index (χ3n) is 7.07. The second kappa shape index (κ2) is 19.1. The molecule has 0 aromatic heterocycles. The molecule has 0 aliphatic carbocycles. The van der Waals surface area contributed by atoms with E-state index in [1.807, 2.05) is 0 Å². The molecule has 5 amide bonds. The number of imide groups is 1. The van der Waals surface area contributed by atoms with Crippen LogP contribution >= 0.6 is 31.9 Å². The molecule has 0 saturated carbocycles. The van der Waals surface area contributed by atoms with E-state index in [0.29, 0.717) is 17.5 Å². The van der Waals surface area contributed by atoms with Gasteiger partial charge in [-0.15, -0.1) is 0 Å². The van der Waals surface area contributed by atoms with E-state index in [-0.39, 0.29) is 85.0 Å². The van der Waals surface area contributed by atoms with Gasteiger partial charge in [0.25, 0.3) is 11.8 Å². The molecule has 46 heavy (non-hydrogen) atoms. The molecule has 2 rings (SSSR count). The minimum Gasteiger partial charge on any atom is -0.450 e. The van der Waals surface area contributed by atoms with Gasteiger partial charge in [-0.1, -0.05) is 38.1 Å². The SMILES string of the molecule is CC(C)[C@H](CC(=O)CCOCCN1C(=O)C(Br)=C(Br)C1=O)C(=O)N[C@@H](CCCNC(N)=O)C(=O)Cc1ccc(COC(=O)O)cc1. The standard InChI is InChI=1S/C30H38Br2N4O10/c1-17(2)21(15-20(37)9-12-45-13-11-36-27(40)24(31)25(32)28(36)41)26(39)35-22(4-3-10-34-29(33)42)23(38)14-18-5-7-19(8-6-18)16-46-30(43)44/h5-8,17,21-22H,3-4,9-16H2,1-2H3,(H,35,39)(H,43,44)(H3,33,34,42)/t21-,22-/m0/s1. The Hall–Kier alpha value is -3.63. The second-order valence-corrected chi connectivity index (χ2v) is 12.4. The maximum Gasteiger partial charge on any atom is 0.506 e. The molecule has 1 aromatic rings. The molecule has 0 fully saturated rings. The smallest absolute Gasteiger partial charge is 0.450 e. The molecule has 0 unspecified atom stereocenters. The van der Waals surface area contributed by atoms with Crippen molar-refractivity contribution in [1.29, 1.82) is 0 Å². The van der Waals surface area contributed by atoms with Crippen LogP contribution in [0.4, 0.5) is 9.59 Å². The zero-order valence-corrected chi connectivity index (χ0v) is 28.7. The Labute approximate surface area is 283 Å². The van der Waals surface area contributed by atoms with Gasteiger partial charge in [0.05, 0.1) is 25.8 Å². The van der Waals surface area contributed by atoms with Crippen LogP contribution < -0.4 is 16.4 Å². The van der Waals surface area contributed by atoms with Crippen LogP contribution in [0.3, 0.4) is 0 Å². The number of carbonyl (C=O) groups is 7. The Morgan fingerprint density at radius 2 is 1.59 bits per heavy atom. The van der Waals surface area contributed by atoms with Gasteiger partial charge in [-0.05, 0) is 61.7 Å². The number of ether oxygens (including phenoxy) is 2. The van der Waals surface area contributed by atoms with E-state index in [9.17, 15) is 33.6 Å². The molecule has 14 nitrogen and oxygen atoms in total. The fourth-order valence-corrected chi connectivity index (χ4v) is 5.24. The van der Waals surface area contributed by atoms with E-state index in [2.05, 4.69) is 47.2 Å². The zero-order chi connectivity index (χ0) is 34.4. The second-order valence-electron chi connectivity index (χ2n) is 10.9. The normalized spacial score (nSPS) is 14.3. The van der Waals surface area contributed by atoms with Crippen molar-refractivity contribution in [3.8, 4) is 0 Å². The lowest BCUT2D eigenvalue weighted by Crippen LogP contribution is -2.46. The van der Waals surface area contributed by atoms with Crippen molar-refractivity contribution >= 4 is 73.3 Å². The summed E-state index contributed by atoms with van der Waals surface area (Å²) in [5.74, 6) is -2.88. The summed E-state index contributed by atoms with van der Waals surface area (Å²) in [7, 11) is 0. The molecule has 0 saturated heterocycles. The number of urea groups is 1. The Kier molecular flexibility index (Phi) is 16.0. The first-order chi connectivity index (χ1) is 21.7. The van der Waals surface area contributed by atoms with Crippen LogP contribution in [0.15, 0.2) is 33.2 Å². The highest BCUT2D eigenvalue weighted by Gasteiger charge is 2.35. The number of hydrogen-bond acceptors (Lipinski definition) is 9. The van der Waals surface area contributed by atoms with Crippen LogP contribution in [0.5, 0.6) is 0 Å². The van der Waals surface area contributed by atoms with E-state index < -0.39 is 41.9 Å². The van der Waals surface area contributed by atoms with Crippen molar-refractivity contribution in [1.82, 2.24) is 15.5 Å². The van der Waals surface area contributed by atoms with Crippen LogP contribution in [-0.2, 0) is 46.5 Å². The topological polar surface area (TPSA) is 211 Å². The summed E-state index contributed by atoms with van der Waals surface area (Å²) in [6.07, 6.45) is -0.916. The number of halogens is 2. The van der Waals surface area contributed by atoms with Gasteiger partial charge in [-0.2, -0.15) is 0 Å². The lowest BCUT2D eigenvalue weighted by molar-refractivity contribution is -0.138. The fourth-order valence-electron chi connectivity index (χ4n) is 4.48. The Morgan fingerprint density at radius 1 is 0.978 bits per heavy atom. The van der Waals surface area contributed by atoms with E-state index in [0.717, 1.165) is 4.90 Å². The first kappa shape index (κ1) is 38.6. The van der Waals surface area contributed by atoms with Gasteiger partial charge in [0.15, 0.2) is 5.78 Å². The maximum absolute atomic E-state index is 13.4. The predicted molar refractivity (Wildman–Crippen MR) is 172 cm³/mol. The molecule has 1 aliphatic rings. The first-order valence-electron chi connectivity index (χ1n) is 14.5. The number of benzene rings is 1. The van der Waals surface area contributed by atoms with Crippen molar-refractivity contribution in [3.63, 3.8) is 0 Å². The number of amides is 5. The van der Waals surface area contributed by atoms with Crippen LogP contribution in [0.2, 0.25) is 0 Å². The molecular formula is C30H38Br2N4O10. The molecular weight excluding hydrogens is 736 g/mol. The number of hydrogen-bond donors (Lipinski definition) is 4. The van der Waals surface area contributed by atoms with E-state index in [1.165, 1.54) is 0 Å². The van der Waals surface area contributed by atoms with Gasteiger partial charge in [-0.3, -0.25) is 28.9 Å². The number of nitrogens with zero attached hydrogens (tertiary/aromatic N) is 1. The third kappa shape index (κ3) is 12.6. The molecule has 16 heteroatoms. The number of carboxylic acid groups (broad SMARTS) is 1. The van der Waals surface area contributed by atoms with Gasteiger partial charge in [0, 0.05) is 31.7 Å². The van der Waals surface area contributed by atoms with E-state index >= 15 is 0 Å². The lowest BCUT2D eigenvalue weighted by atomic mass is 9.88. The van der Waals surface area contributed by atoms with Gasteiger partial charge >= 0.3 is 12.2 Å². The van der Waals surface area contributed by atoms with Crippen molar-refractivity contribution in [2.45, 2.75) is 58.6 Å². The average molecular weight is 774 g/mol. The number of nitrogens with one attached hydrogen (secondary N) is 2. The summed E-state index contributed by atoms with van der Waals surface area (Å²) in [6, 6.07) is 5.00. The van der Waals surface area contributed by atoms with Crippen LogP contribution in [0, 0.1) is 11.8 Å². The number of nitrogens with two attached hydrogens (primary N) is 1. The van der Waals surface area contributed by atoms with E-state index in [4.69, 9.17) is 15.6 Å². The molecule has 5 N–H and O–H groups in total. The number of primary amides is 1. The fraction of sp³-hybridized carbons (Fsp3) is 0.500. The molecule has 1 heterocycles. The molecule has 1 aromatic carbocycles. The number of Topliss-reactive ketones (excluding diaryl/α,β-unsaturated/α-hetero) is 2. The van der Waals surface area contributed by atoms with Crippen LogP contribution in [-0.4, -0.2) is 83.8 Å². The molecule has 0 bridgehead atoms. The Bertz CT molecular complexity index is 1310. The highest BCUT2D eigenvalue weighted by Crippen LogP contribution is 2.29. The van der Waals surface area contributed by atoms with Crippen molar-refractivity contribution in [2.24, 2.45) is 17.6 Å². The van der Waals surface area contributed by atoms with Crippen molar-refractivity contribution < 1.29 is 48.1 Å². The quantitative estimate of drug-likeness (QED) is 0.0865. The number of carbonyl (C=O) groups excluding carboxylic acids is 6. The highest BCUT2D eigenvalue weighted by molar-refractivity contribution is 9.14. The molecule has 0 spiro atoms. The van der Waals surface area contributed by atoms with Gasteiger partial charge in [0.2, 0.25) is 5.91 Å². The van der Waals surface area contributed by atoms with E-state index in [1.54, 1.807) is 38.1 Å². The molecule has 0 radical (unpaired) electrons. The largest absolute Gasteiger partial charge is 0.506 e. The highest BCUT2D eigenvalue weighted by atomic mass is 79.9. The summed E-state index contributed by atoms with van der Waals surface area (Å²) in [5.41, 5.74) is 6.37. The van der Waals surface area contributed by atoms with Gasteiger partial charge < -0.3 is 30.9 Å². The molecule has 1 aliphatic heterocycles.